The molecule has 1 aromatic heterocycles. The Morgan fingerprint density at radius 2 is 2.17 bits per heavy atom. The van der Waals surface area contributed by atoms with Gasteiger partial charge >= 0.3 is 5.97 Å². The number of carbonyl (C=O) groups is 1. The second-order valence-electron chi connectivity index (χ2n) is 4.12. The van der Waals surface area contributed by atoms with E-state index in [1.54, 1.807) is 13.2 Å². The van der Waals surface area contributed by atoms with Gasteiger partial charge in [-0.05, 0) is 30.7 Å². The molecule has 0 radical (unpaired) electrons. The molecular weight excluding hydrogens is 230 g/mol. The summed E-state index contributed by atoms with van der Waals surface area (Å²) in [5.41, 5.74) is 2.98. The summed E-state index contributed by atoms with van der Waals surface area (Å²) in [6.45, 7) is 1.98. The molecule has 0 spiro atoms. The van der Waals surface area contributed by atoms with Crippen LogP contribution in [-0.2, 0) is 11.8 Å². The van der Waals surface area contributed by atoms with Crippen LogP contribution in [0.1, 0.15) is 11.3 Å². The summed E-state index contributed by atoms with van der Waals surface area (Å²) in [6, 6.07) is 5.84. The number of aliphatic carboxylic acids is 1. The highest BCUT2D eigenvalue weighted by Gasteiger charge is 2.10. The third kappa shape index (κ3) is 1.97. The molecule has 1 N–H and O–H groups in total. The lowest BCUT2D eigenvalue weighted by Gasteiger charge is -2.02. The number of methoxy groups -OCH3 is 1. The summed E-state index contributed by atoms with van der Waals surface area (Å²) < 4.78 is 7.16. The maximum Gasteiger partial charge on any atom is 0.328 e. The summed E-state index contributed by atoms with van der Waals surface area (Å²) >= 11 is 0. The number of aryl methyl sites for hydroxylation is 2. The van der Waals surface area contributed by atoms with Gasteiger partial charge < -0.3 is 14.4 Å². The molecule has 1 aromatic carbocycles. The van der Waals surface area contributed by atoms with Crippen molar-refractivity contribution in [2.75, 3.05) is 7.11 Å². The zero-order valence-electron chi connectivity index (χ0n) is 10.6. The van der Waals surface area contributed by atoms with E-state index in [0.29, 0.717) is 0 Å². The molecule has 18 heavy (non-hydrogen) atoms. The van der Waals surface area contributed by atoms with Crippen LogP contribution in [0.3, 0.4) is 0 Å². The van der Waals surface area contributed by atoms with Crippen molar-refractivity contribution in [1.29, 1.82) is 0 Å². The lowest BCUT2D eigenvalue weighted by Crippen LogP contribution is -1.93. The molecule has 0 aliphatic carbocycles. The molecule has 0 amide bonds. The quantitative estimate of drug-likeness (QED) is 0.845. The minimum Gasteiger partial charge on any atom is -0.497 e. The van der Waals surface area contributed by atoms with Crippen LogP contribution in [0.15, 0.2) is 24.3 Å². The van der Waals surface area contributed by atoms with Crippen molar-refractivity contribution in [3.05, 3.63) is 35.5 Å². The van der Waals surface area contributed by atoms with Crippen LogP contribution in [0.2, 0.25) is 0 Å². The van der Waals surface area contributed by atoms with E-state index in [0.717, 1.165) is 34.0 Å². The molecule has 94 valence electrons. The number of nitrogens with zero attached hydrogens (tertiary/aromatic N) is 1. The van der Waals surface area contributed by atoms with Crippen molar-refractivity contribution in [3.63, 3.8) is 0 Å². The third-order valence-electron chi connectivity index (χ3n) is 3.10. The van der Waals surface area contributed by atoms with E-state index in [9.17, 15) is 4.79 Å². The van der Waals surface area contributed by atoms with Crippen molar-refractivity contribution in [2.45, 2.75) is 6.92 Å². The van der Waals surface area contributed by atoms with Gasteiger partial charge in [-0.2, -0.15) is 0 Å². The number of carboxylic acids is 1. The van der Waals surface area contributed by atoms with E-state index < -0.39 is 5.97 Å². The number of rotatable bonds is 3. The molecule has 2 aromatic rings. The van der Waals surface area contributed by atoms with Gasteiger partial charge in [-0.3, -0.25) is 0 Å². The van der Waals surface area contributed by atoms with Gasteiger partial charge in [0.25, 0.3) is 0 Å². The van der Waals surface area contributed by atoms with E-state index in [4.69, 9.17) is 9.84 Å². The molecular formula is C14H15NO3. The predicted molar refractivity (Wildman–Crippen MR) is 70.9 cm³/mol. The fraction of sp³-hybridized carbons (Fsp3) is 0.214. The van der Waals surface area contributed by atoms with Gasteiger partial charge in [-0.15, -0.1) is 0 Å². The molecule has 0 atom stereocenters. The molecule has 0 fully saturated rings. The predicted octanol–water partition coefficient (Wildman–Crippen LogP) is 2.59. The number of carboxylic acid groups (broad SMARTS) is 1. The number of hydrogen-bond donors (Lipinski definition) is 1. The van der Waals surface area contributed by atoms with Crippen LogP contribution in [0.4, 0.5) is 0 Å². The zero-order chi connectivity index (χ0) is 13.3. The highest BCUT2D eigenvalue weighted by Crippen LogP contribution is 2.28. The largest absolute Gasteiger partial charge is 0.497 e. The fourth-order valence-electron chi connectivity index (χ4n) is 2.14. The summed E-state index contributed by atoms with van der Waals surface area (Å²) in [6.07, 6.45) is 2.77. The molecule has 1 heterocycles. The Bertz CT molecular complexity index is 638. The van der Waals surface area contributed by atoms with Crippen LogP contribution in [0, 0.1) is 6.92 Å². The molecule has 4 nitrogen and oxygen atoms in total. The lowest BCUT2D eigenvalue weighted by atomic mass is 10.1. The summed E-state index contributed by atoms with van der Waals surface area (Å²) in [4.78, 5) is 10.6. The maximum atomic E-state index is 10.6. The van der Waals surface area contributed by atoms with Gasteiger partial charge in [-0.25, -0.2) is 4.79 Å². The number of ether oxygens (including phenoxy) is 1. The molecule has 0 bridgehead atoms. The Morgan fingerprint density at radius 1 is 1.44 bits per heavy atom. The van der Waals surface area contributed by atoms with Crippen LogP contribution in [0.5, 0.6) is 5.75 Å². The first-order valence-corrected chi connectivity index (χ1v) is 5.58. The highest BCUT2D eigenvalue weighted by molar-refractivity contribution is 5.91. The minimum atomic E-state index is -0.947. The van der Waals surface area contributed by atoms with Crippen molar-refractivity contribution >= 4 is 22.9 Å². The van der Waals surface area contributed by atoms with Crippen LogP contribution in [-0.4, -0.2) is 22.8 Å². The summed E-state index contributed by atoms with van der Waals surface area (Å²) in [5, 5.41) is 9.80. The highest BCUT2D eigenvalue weighted by atomic mass is 16.5. The van der Waals surface area contributed by atoms with Gasteiger partial charge in [0.1, 0.15) is 5.75 Å². The number of aromatic nitrogens is 1. The first kappa shape index (κ1) is 12.2. The smallest absolute Gasteiger partial charge is 0.328 e. The van der Waals surface area contributed by atoms with Crippen molar-refractivity contribution < 1.29 is 14.6 Å². The fourth-order valence-corrected chi connectivity index (χ4v) is 2.14. The molecule has 0 aliphatic heterocycles. The monoisotopic (exact) mass is 245 g/mol. The van der Waals surface area contributed by atoms with Gasteiger partial charge in [0.2, 0.25) is 0 Å². The first-order valence-electron chi connectivity index (χ1n) is 5.58. The topological polar surface area (TPSA) is 51.5 Å². The molecule has 2 rings (SSSR count). The Kier molecular flexibility index (Phi) is 3.10. The molecule has 0 unspecified atom stereocenters. The molecule has 4 heteroatoms. The SMILES string of the molecule is COc1ccc2c(C)c(/C=C/C(=O)O)n(C)c2c1. The maximum absolute atomic E-state index is 10.6. The normalized spacial score (nSPS) is 11.3. The number of hydrogen-bond acceptors (Lipinski definition) is 2. The van der Waals surface area contributed by atoms with Crippen molar-refractivity contribution in [2.24, 2.45) is 7.05 Å². The van der Waals surface area contributed by atoms with Crippen molar-refractivity contribution in [1.82, 2.24) is 4.57 Å². The van der Waals surface area contributed by atoms with Gasteiger partial charge in [0, 0.05) is 30.3 Å². The van der Waals surface area contributed by atoms with E-state index in [2.05, 4.69) is 0 Å². The summed E-state index contributed by atoms with van der Waals surface area (Å²) in [7, 11) is 3.54. The summed E-state index contributed by atoms with van der Waals surface area (Å²) in [5.74, 6) is -0.158. The van der Waals surface area contributed by atoms with E-state index >= 15 is 0 Å². The van der Waals surface area contributed by atoms with Gasteiger partial charge in [0.15, 0.2) is 0 Å². The Labute approximate surface area is 105 Å². The Morgan fingerprint density at radius 3 is 2.78 bits per heavy atom. The van der Waals surface area contributed by atoms with Crippen LogP contribution >= 0.6 is 0 Å². The third-order valence-corrected chi connectivity index (χ3v) is 3.10. The van der Waals surface area contributed by atoms with Gasteiger partial charge in [0.05, 0.1) is 12.6 Å². The van der Waals surface area contributed by atoms with E-state index in [1.165, 1.54) is 0 Å². The zero-order valence-corrected chi connectivity index (χ0v) is 10.6. The Hall–Kier alpha value is -2.23. The first-order chi connectivity index (χ1) is 8.54. The number of fused-ring (bicyclic) bond motifs is 1. The van der Waals surface area contributed by atoms with Crippen LogP contribution < -0.4 is 4.74 Å². The second-order valence-corrected chi connectivity index (χ2v) is 4.12. The lowest BCUT2D eigenvalue weighted by molar-refractivity contribution is -0.131. The van der Waals surface area contributed by atoms with Gasteiger partial charge in [-0.1, -0.05) is 0 Å². The number of benzene rings is 1. The minimum absolute atomic E-state index is 0.789. The molecule has 0 saturated heterocycles. The molecule has 0 aliphatic rings. The standard InChI is InChI=1S/C14H15NO3/c1-9-11-5-4-10(18-3)8-13(11)15(2)12(9)6-7-14(16)17/h4-8H,1-3H3,(H,16,17)/b7-6+. The van der Waals surface area contributed by atoms with E-state index in [1.807, 2.05) is 36.7 Å². The molecule has 0 saturated carbocycles. The van der Waals surface area contributed by atoms with E-state index in [-0.39, 0.29) is 0 Å². The van der Waals surface area contributed by atoms with Crippen molar-refractivity contribution in [3.8, 4) is 5.75 Å². The second kappa shape index (κ2) is 4.56. The Balaban J connectivity index is 2.65. The average Bonchev–Trinajstić information content (AvgIpc) is 2.59. The average molecular weight is 245 g/mol. The van der Waals surface area contributed by atoms with Crippen LogP contribution in [0.25, 0.3) is 17.0 Å².